The number of aliphatic hydroxyl groups excluding tert-OH is 3. The second-order valence-electron chi connectivity index (χ2n) is 6.82. The van der Waals surface area contributed by atoms with Gasteiger partial charge in [0, 0.05) is 28.2 Å². The molecule has 7 heteroatoms. The van der Waals surface area contributed by atoms with Gasteiger partial charge in [-0.1, -0.05) is 48.5 Å². The van der Waals surface area contributed by atoms with Crippen LogP contribution in [0.1, 0.15) is 11.1 Å². The number of aromatic amines is 1. The van der Waals surface area contributed by atoms with Crippen LogP contribution in [0.3, 0.4) is 0 Å². The van der Waals surface area contributed by atoms with E-state index in [0.29, 0.717) is 10.9 Å². The Morgan fingerprint density at radius 1 is 0.963 bits per heavy atom. The number of ether oxygens (including phenoxy) is 1. The Hall–Kier alpha value is -2.26. The molecule has 5 atom stereocenters. The van der Waals surface area contributed by atoms with Crippen molar-refractivity contribution in [1.82, 2.24) is 4.98 Å². The average molecular weight is 371 g/mol. The molecule has 1 saturated heterocycles. The van der Waals surface area contributed by atoms with Crippen molar-refractivity contribution < 1.29 is 30.3 Å². The van der Waals surface area contributed by atoms with E-state index in [4.69, 9.17) is 4.74 Å². The fraction of sp³-hybridized carbons (Fsp3) is 0.300. The molecule has 4 rings (SSSR count). The predicted molar refractivity (Wildman–Crippen MR) is 96.5 cm³/mol. The summed E-state index contributed by atoms with van der Waals surface area (Å²) < 4.78 is 5.47. The van der Waals surface area contributed by atoms with Crippen LogP contribution < -0.4 is 0 Å². The quantitative estimate of drug-likeness (QED) is 0.394. The standard InChI is InChI=1S/C20H21NO6/c22-11-16-17(23)19(25,14-10-21-15-9-5-4-8-13(14)15)18(24)20(26,27-16)12-6-2-1-3-7-12/h1-10,16-18,21-26H,11H2/t16-,17+,18-,19+,20+/m1/s1. The Labute approximate surface area is 155 Å². The van der Waals surface area contributed by atoms with Gasteiger partial charge in [0.15, 0.2) is 5.60 Å². The highest BCUT2D eigenvalue weighted by molar-refractivity contribution is 5.84. The van der Waals surface area contributed by atoms with E-state index in [1.165, 1.54) is 18.3 Å². The van der Waals surface area contributed by atoms with Crippen LogP contribution in [-0.2, 0) is 16.1 Å². The van der Waals surface area contributed by atoms with E-state index in [0.717, 1.165) is 0 Å². The van der Waals surface area contributed by atoms with Crippen LogP contribution in [0.25, 0.3) is 10.9 Å². The number of hydrogen-bond donors (Lipinski definition) is 6. The number of rotatable bonds is 3. The lowest BCUT2D eigenvalue weighted by Crippen LogP contribution is -2.69. The van der Waals surface area contributed by atoms with Crippen LogP contribution in [0.4, 0.5) is 0 Å². The van der Waals surface area contributed by atoms with E-state index in [9.17, 15) is 25.5 Å². The summed E-state index contributed by atoms with van der Waals surface area (Å²) in [7, 11) is 0. The van der Waals surface area contributed by atoms with Gasteiger partial charge in [0.1, 0.15) is 18.3 Å². The zero-order chi connectivity index (χ0) is 19.2. The summed E-state index contributed by atoms with van der Waals surface area (Å²) in [6.07, 6.45) is -3.45. The van der Waals surface area contributed by atoms with Gasteiger partial charge < -0.3 is 35.3 Å². The molecule has 0 spiro atoms. The summed E-state index contributed by atoms with van der Waals surface area (Å²) in [5, 5.41) is 54.7. The van der Waals surface area contributed by atoms with E-state index < -0.39 is 36.3 Å². The molecule has 142 valence electrons. The van der Waals surface area contributed by atoms with Gasteiger partial charge in [-0.3, -0.25) is 0 Å². The third-order valence-electron chi connectivity index (χ3n) is 5.31. The number of para-hydroxylation sites is 1. The molecule has 2 heterocycles. The number of fused-ring (bicyclic) bond motifs is 1. The lowest BCUT2D eigenvalue weighted by Gasteiger charge is -2.52. The molecule has 2 aromatic carbocycles. The molecule has 7 nitrogen and oxygen atoms in total. The van der Waals surface area contributed by atoms with E-state index in [1.54, 1.807) is 42.5 Å². The minimum absolute atomic E-state index is 0.195. The van der Waals surface area contributed by atoms with E-state index >= 15 is 0 Å². The molecule has 0 aliphatic carbocycles. The first-order valence-corrected chi connectivity index (χ1v) is 8.64. The fourth-order valence-electron chi connectivity index (χ4n) is 3.85. The van der Waals surface area contributed by atoms with Crippen LogP contribution in [0.15, 0.2) is 60.8 Å². The molecular formula is C20H21NO6. The molecule has 0 radical (unpaired) electrons. The van der Waals surface area contributed by atoms with Crippen molar-refractivity contribution in [2.75, 3.05) is 6.61 Å². The van der Waals surface area contributed by atoms with Crippen molar-refractivity contribution in [2.45, 2.75) is 29.7 Å². The Balaban J connectivity index is 1.92. The molecule has 0 unspecified atom stereocenters. The summed E-state index contributed by atoms with van der Waals surface area (Å²) in [5.41, 5.74) is -1.21. The van der Waals surface area contributed by atoms with Crippen LogP contribution in [0.2, 0.25) is 0 Å². The number of aliphatic hydroxyl groups is 5. The molecule has 3 aromatic rings. The normalized spacial score (nSPS) is 34.0. The topological polar surface area (TPSA) is 126 Å². The Morgan fingerprint density at radius 3 is 2.33 bits per heavy atom. The third kappa shape index (κ3) is 2.52. The molecule has 1 fully saturated rings. The predicted octanol–water partition coefficient (Wildman–Crippen LogP) is 0.314. The van der Waals surface area contributed by atoms with Crippen molar-refractivity contribution >= 4 is 10.9 Å². The van der Waals surface area contributed by atoms with Gasteiger partial charge in [-0.2, -0.15) is 0 Å². The zero-order valence-electron chi connectivity index (χ0n) is 14.4. The molecule has 0 saturated carbocycles. The maximum atomic E-state index is 11.5. The van der Waals surface area contributed by atoms with Crippen LogP contribution in [-0.4, -0.2) is 55.4 Å². The van der Waals surface area contributed by atoms with Gasteiger partial charge >= 0.3 is 0 Å². The molecule has 1 aliphatic rings. The van der Waals surface area contributed by atoms with E-state index in [-0.39, 0.29) is 11.1 Å². The third-order valence-corrected chi connectivity index (χ3v) is 5.31. The lowest BCUT2D eigenvalue weighted by molar-refractivity contribution is -0.387. The number of aromatic nitrogens is 1. The van der Waals surface area contributed by atoms with Gasteiger partial charge in [0.25, 0.3) is 0 Å². The summed E-state index contributed by atoms with van der Waals surface area (Å²) in [4.78, 5) is 2.98. The number of H-pyrrole nitrogens is 1. The highest BCUT2D eigenvalue weighted by Crippen LogP contribution is 2.47. The van der Waals surface area contributed by atoms with Gasteiger partial charge in [0.05, 0.1) is 6.61 Å². The maximum Gasteiger partial charge on any atom is 0.223 e. The van der Waals surface area contributed by atoms with Crippen LogP contribution in [0.5, 0.6) is 0 Å². The first kappa shape index (κ1) is 18.1. The van der Waals surface area contributed by atoms with Crippen molar-refractivity contribution in [1.29, 1.82) is 0 Å². The summed E-state index contributed by atoms with van der Waals surface area (Å²) in [6, 6.07) is 15.2. The molecular weight excluding hydrogens is 350 g/mol. The molecule has 1 aliphatic heterocycles. The number of nitrogens with one attached hydrogen (secondary N) is 1. The van der Waals surface area contributed by atoms with Gasteiger partial charge in [-0.05, 0) is 6.07 Å². The van der Waals surface area contributed by atoms with Crippen molar-refractivity contribution in [3.05, 3.63) is 71.9 Å². The Morgan fingerprint density at radius 2 is 1.63 bits per heavy atom. The van der Waals surface area contributed by atoms with E-state index in [1.807, 2.05) is 0 Å². The van der Waals surface area contributed by atoms with E-state index in [2.05, 4.69) is 4.98 Å². The van der Waals surface area contributed by atoms with Crippen molar-refractivity contribution in [2.24, 2.45) is 0 Å². The van der Waals surface area contributed by atoms with Crippen molar-refractivity contribution in [3.63, 3.8) is 0 Å². The SMILES string of the molecule is OC[C@H]1O[C@@](O)(c2ccccc2)[C@H](O)[C@](O)(c2c[nH]c3ccccc23)[C@H]1O. The smallest absolute Gasteiger partial charge is 0.223 e. The summed E-state index contributed by atoms with van der Waals surface area (Å²) in [5.74, 6) is -2.33. The highest BCUT2D eigenvalue weighted by Gasteiger charge is 2.63. The zero-order valence-corrected chi connectivity index (χ0v) is 14.4. The van der Waals surface area contributed by atoms with Crippen LogP contribution in [0, 0.1) is 0 Å². The minimum atomic E-state index is -2.33. The highest BCUT2D eigenvalue weighted by atomic mass is 16.7. The second kappa shape index (κ2) is 6.42. The number of hydrogen-bond acceptors (Lipinski definition) is 6. The molecule has 0 amide bonds. The molecule has 0 bridgehead atoms. The molecule has 1 aromatic heterocycles. The molecule has 6 N–H and O–H groups in total. The first-order chi connectivity index (χ1) is 12.9. The lowest BCUT2D eigenvalue weighted by atomic mass is 9.73. The van der Waals surface area contributed by atoms with Gasteiger partial charge in [-0.15, -0.1) is 0 Å². The fourth-order valence-corrected chi connectivity index (χ4v) is 3.85. The minimum Gasteiger partial charge on any atom is -0.394 e. The average Bonchev–Trinajstić information content (AvgIpc) is 3.14. The summed E-state index contributed by atoms with van der Waals surface area (Å²) >= 11 is 0. The Kier molecular flexibility index (Phi) is 4.31. The molecule has 27 heavy (non-hydrogen) atoms. The Bertz CT molecular complexity index is 944. The van der Waals surface area contributed by atoms with Gasteiger partial charge in [0.2, 0.25) is 5.79 Å². The largest absolute Gasteiger partial charge is 0.394 e. The van der Waals surface area contributed by atoms with Gasteiger partial charge in [-0.25, -0.2) is 0 Å². The summed E-state index contributed by atoms with van der Waals surface area (Å²) in [6.45, 7) is -0.659. The van der Waals surface area contributed by atoms with Crippen molar-refractivity contribution in [3.8, 4) is 0 Å². The maximum absolute atomic E-state index is 11.5. The monoisotopic (exact) mass is 371 g/mol. The number of benzene rings is 2. The first-order valence-electron chi connectivity index (χ1n) is 8.64. The second-order valence-corrected chi connectivity index (χ2v) is 6.82. The van der Waals surface area contributed by atoms with Crippen LogP contribution >= 0.6 is 0 Å².